The lowest BCUT2D eigenvalue weighted by Gasteiger charge is -2.33. The van der Waals surface area contributed by atoms with Crippen molar-refractivity contribution in [2.75, 3.05) is 33.3 Å². The van der Waals surface area contributed by atoms with Gasteiger partial charge in [0.05, 0.1) is 13.2 Å². The van der Waals surface area contributed by atoms with E-state index in [4.69, 9.17) is 21.4 Å². The van der Waals surface area contributed by atoms with Crippen molar-refractivity contribution in [1.29, 1.82) is 0 Å². The molecule has 1 fully saturated rings. The summed E-state index contributed by atoms with van der Waals surface area (Å²) in [5, 5.41) is 9.61. The summed E-state index contributed by atoms with van der Waals surface area (Å²) in [5.74, 6) is 7.62. The third-order valence-electron chi connectivity index (χ3n) is 5.35. The van der Waals surface area contributed by atoms with Crippen molar-refractivity contribution in [3.05, 3.63) is 29.3 Å². The lowest BCUT2D eigenvalue weighted by molar-refractivity contribution is 0.125. The molecule has 0 saturated heterocycles. The maximum absolute atomic E-state index is 12.4. The molecule has 6 heteroatoms. The summed E-state index contributed by atoms with van der Waals surface area (Å²) in [6.45, 7) is 4.54. The van der Waals surface area contributed by atoms with Crippen LogP contribution in [-0.2, 0) is 0 Å². The van der Waals surface area contributed by atoms with E-state index >= 15 is 0 Å². The summed E-state index contributed by atoms with van der Waals surface area (Å²) in [5.41, 5.74) is 0. The first-order valence-electron chi connectivity index (χ1n) is 10.0. The van der Waals surface area contributed by atoms with E-state index in [-0.39, 0.29) is 18.7 Å². The van der Waals surface area contributed by atoms with E-state index < -0.39 is 0 Å². The number of halogens is 1. The fourth-order valence-electron chi connectivity index (χ4n) is 3.44. The van der Waals surface area contributed by atoms with Gasteiger partial charge in [-0.25, -0.2) is 4.79 Å². The van der Waals surface area contributed by atoms with Gasteiger partial charge in [0.25, 0.3) is 0 Å². The standard InChI is InChI=1S/C22H31ClN2O3/c1-3-25(16-17-26)15-5-4-6-18-7-11-20(12-8-18)24(2)22(27)28-21-13-9-19(23)10-14-21/h9-10,13-14,18,20,26H,3,6-8,11-12,15-17H2,1-2H3. The Labute approximate surface area is 173 Å². The molecule has 154 valence electrons. The molecule has 28 heavy (non-hydrogen) atoms. The minimum Gasteiger partial charge on any atom is -0.410 e. The van der Waals surface area contributed by atoms with Gasteiger partial charge in [-0.05, 0) is 62.4 Å². The molecule has 0 spiro atoms. The molecule has 0 aromatic heterocycles. The number of ether oxygens (including phenoxy) is 1. The monoisotopic (exact) mass is 406 g/mol. The van der Waals surface area contributed by atoms with Crippen LogP contribution in [-0.4, -0.2) is 60.3 Å². The molecule has 0 heterocycles. The summed E-state index contributed by atoms with van der Waals surface area (Å²) in [7, 11) is 1.81. The molecule has 5 nitrogen and oxygen atoms in total. The zero-order chi connectivity index (χ0) is 20.4. The van der Waals surface area contributed by atoms with E-state index in [1.807, 2.05) is 7.05 Å². The van der Waals surface area contributed by atoms with Crippen LogP contribution in [0.3, 0.4) is 0 Å². The van der Waals surface area contributed by atoms with Gasteiger partial charge in [-0.3, -0.25) is 4.90 Å². The Morgan fingerprint density at radius 1 is 1.21 bits per heavy atom. The van der Waals surface area contributed by atoms with Crippen molar-refractivity contribution in [2.24, 2.45) is 5.92 Å². The molecule has 0 aliphatic heterocycles. The summed E-state index contributed by atoms with van der Waals surface area (Å²) in [4.78, 5) is 16.2. The normalized spacial score (nSPS) is 19.0. The molecule has 1 aromatic rings. The van der Waals surface area contributed by atoms with Gasteiger partial charge in [-0.2, -0.15) is 0 Å². The largest absolute Gasteiger partial charge is 0.415 e. The quantitative estimate of drug-likeness (QED) is 0.694. The summed E-state index contributed by atoms with van der Waals surface area (Å²) >= 11 is 5.86. The van der Waals surface area contributed by atoms with Crippen LogP contribution >= 0.6 is 11.6 Å². The highest BCUT2D eigenvalue weighted by atomic mass is 35.5. The van der Waals surface area contributed by atoms with E-state index in [1.54, 1.807) is 29.2 Å². The Balaban J connectivity index is 1.72. The first kappa shape index (κ1) is 22.5. The number of hydrogen-bond donors (Lipinski definition) is 1. The molecular weight excluding hydrogens is 376 g/mol. The Hall–Kier alpha value is -1.74. The third-order valence-corrected chi connectivity index (χ3v) is 5.60. The van der Waals surface area contributed by atoms with Gasteiger partial charge in [0.1, 0.15) is 5.75 Å². The zero-order valence-electron chi connectivity index (χ0n) is 16.9. The number of aliphatic hydroxyl groups excluding tert-OH is 1. The molecule has 1 aliphatic rings. The molecule has 1 N–H and O–H groups in total. The second kappa shape index (κ2) is 12.0. The number of carbonyl (C=O) groups excluding carboxylic acids is 1. The molecule has 1 aromatic carbocycles. The molecule has 1 amide bonds. The highest BCUT2D eigenvalue weighted by Crippen LogP contribution is 2.29. The van der Waals surface area contributed by atoms with Gasteiger partial charge >= 0.3 is 6.09 Å². The minimum absolute atomic E-state index is 0.174. The number of rotatable bonds is 7. The van der Waals surface area contributed by atoms with Gasteiger partial charge < -0.3 is 14.7 Å². The molecule has 0 radical (unpaired) electrons. The van der Waals surface area contributed by atoms with Crippen molar-refractivity contribution in [1.82, 2.24) is 9.80 Å². The lowest BCUT2D eigenvalue weighted by atomic mass is 9.84. The van der Waals surface area contributed by atoms with E-state index in [9.17, 15) is 4.79 Å². The SMILES string of the molecule is CCN(CC#CCC1CCC(N(C)C(=O)Oc2ccc(Cl)cc2)CC1)CCO. The number of aliphatic hydroxyl groups is 1. The molecule has 0 unspecified atom stereocenters. The van der Waals surface area contributed by atoms with Gasteiger partial charge in [-0.15, -0.1) is 5.92 Å². The van der Waals surface area contributed by atoms with Gasteiger partial charge in [-0.1, -0.05) is 24.4 Å². The van der Waals surface area contributed by atoms with Crippen LogP contribution in [0.25, 0.3) is 0 Å². The highest BCUT2D eigenvalue weighted by molar-refractivity contribution is 6.30. The van der Waals surface area contributed by atoms with Gasteiger partial charge in [0.2, 0.25) is 0 Å². The van der Waals surface area contributed by atoms with Crippen LogP contribution in [0, 0.1) is 17.8 Å². The number of amides is 1. The molecule has 1 aliphatic carbocycles. The van der Waals surface area contributed by atoms with Crippen molar-refractivity contribution >= 4 is 17.7 Å². The zero-order valence-corrected chi connectivity index (χ0v) is 17.6. The topological polar surface area (TPSA) is 53.0 Å². The van der Waals surface area contributed by atoms with E-state index in [1.165, 1.54) is 0 Å². The predicted molar refractivity (Wildman–Crippen MR) is 113 cm³/mol. The number of hydrogen-bond acceptors (Lipinski definition) is 4. The van der Waals surface area contributed by atoms with Crippen LogP contribution in [0.1, 0.15) is 39.0 Å². The van der Waals surface area contributed by atoms with Crippen LogP contribution in [0.5, 0.6) is 5.75 Å². The number of benzene rings is 1. The van der Waals surface area contributed by atoms with E-state index in [0.29, 0.717) is 29.8 Å². The van der Waals surface area contributed by atoms with Crippen molar-refractivity contribution in [2.45, 2.75) is 45.1 Å². The van der Waals surface area contributed by atoms with Crippen LogP contribution in [0.2, 0.25) is 5.02 Å². The first-order valence-corrected chi connectivity index (χ1v) is 10.4. The van der Waals surface area contributed by atoms with Gasteiger partial charge in [0, 0.05) is 31.1 Å². The molecular formula is C22H31ClN2O3. The lowest BCUT2D eigenvalue weighted by Crippen LogP contribution is -2.41. The predicted octanol–water partition coefficient (Wildman–Crippen LogP) is 4.04. The van der Waals surface area contributed by atoms with Crippen LogP contribution in [0.4, 0.5) is 4.79 Å². The van der Waals surface area contributed by atoms with Crippen molar-refractivity contribution in [3.63, 3.8) is 0 Å². The smallest absolute Gasteiger partial charge is 0.410 e. The second-order valence-corrected chi connectivity index (χ2v) is 7.69. The fourth-order valence-corrected chi connectivity index (χ4v) is 3.56. The summed E-state index contributed by atoms with van der Waals surface area (Å²) in [6.07, 6.45) is 4.68. The summed E-state index contributed by atoms with van der Waals surface area (Å²) in [6, 6.07) is 7.03. The average Bonchev–Trinajstić information content (AvgIpc) is 2.71. The van der Waals surface area contributed by atoms with E-state index in [0.717, 1.165) is 38.6 Å². The fraction of sp³-hybridized carbons (Fsp3) is 0.591. The Bertz CT molecular complexity index is 661. The number of likely N-dealkylation sites (N-methyl/N-ethyl adjacent to an activating group) is 1. The van der Waals surface area contributed by atoms with Crippen LogP contribution in [0.15, 0.2) is 24.3 Å². The Morgan fingerprint density at radius 2 is 1.89 bits per heavy atom. The first-order chi connectivity index (χ1) is 13.5. The molecule has 0 bridgehead atoms. The van der Waals surface area contributed by atoms with Crippen LogP contribution < -0.4 is 4.74 Å². The third kappa shape index (κ3) is 7.35. The second-order valence-electron chi connectivity index (χ2n) is 7.26. The number of carbonyl (C=O) groups is 1. The van der Waals surface area contributed by atoms with E-state index in [2.05, 4.69) is 23.7 Å². The summed E-state index contributed by atoms with van der Waals surface area (Å²) < 4.78 is 5.43. The highest BCUT2D eigenvalue weighted by Gasteiger charge is 2.27. The molecule has 2 rings (SSSR count). The van der Waals surface area contributed by atoms with Crippen molar-refractivity contribution < 1.29 is 14.6 Å². The Kier molecular flexibility index (Phi) is 9.63. The molecule has 0 atom stereocenters. The number of nitrogens with zero attached hydrogens (tertiary/aromatic N) is 2. The minimum atomic E-state index is -0.325. The maximum atomic E-state index is 12.4. The maximum Gasteiger partial charge on any atom is 0.415 e. The Morgan fingerprint density at radius 3 is 2.50 bits per heavy atom. The molecule has 1 saturated carbocycles. The van der Waals surface area contributed by atoms with Gasteiger partial charge in [0.15, 0.2) is 0 Å². The van der Waals surface area contributed by atoms with Crippen molar-refractivity contribution in [3.8, 4) is 17.6 Å². The average molecular weight is 407 g/mol.